The molecule has 1 N–H and O–H groups in total. The first-order valence-electron chi connectivity index (χ1n) is 4.85. The SMILES string of the molecule is CCc1n[nH]c(=S)n1-c1c(Cl)cc(F)cc1Br. The van der Waals surface area contributed by atoms with Gasteiger partial charge in [0, 0.05) is 10.9 Å². The zero-order valence-electron chi connectivity index (χ0n) is 8.80. The molecule has 1 aromatic carbocycles. The Morgan fingerprint density at radius 3 is 2.88 bits per heavy atom. The number of H-pyrrole nitrogens is 1. The zero-order chi connectivity index (χ0) is 12.6. The second-order valence-corrected chi connectivity index (χ2v) is 5.00. The minimum absolute atomic E-state index is 0.282. The van der Waals surface area contributed by atoms with Gasteiger partial charge in [-0.05, 0) is 40.3 Å². The van der Waals surface area contributed by atoms with Crippen LogP contribution < -0.4 is 0 Å². The molecule has 2 rings (SSSR count). The third-order valence-corrected chi connectivity index (χ3v) is 3.43. The molecule has 1 aromatic heterocycles. The first-order valence-corrected chi connectivity index (χ1v) is 6.43. The molecule has 2 aromatic rings. The van der Waals surface area contributed by atoms with Crippen molar-refractivity contribution in [3.63, 3.8) is 0 Å². The Kier molecular flexibility index (Phi) is 3.65. The molecular weight excluding hydrogens is 329 g/mol. The van der Waals surface area contributed by atoms with Gasteiger partial charge >= 0.3 is 0 Å². The summed E-state index contributed by atoms with van der Waals surface area (Å²) in [6.45, 7) is 1.95. The van der Waals surface area contributed by atoms with Gasteiger partial charge in [-0.3, -0.25) is 9.67 Å². The Bertz CT molecular complexity index is 599. The summed E-state index contributed by atoms with van der Waals surface area (Å²) < 4.78 is 15.8. The maximum atomic E-state index is 13.2. The van der Waals surface area contributed by atoms with E-state index in [0.29, 0.717) is 21.4 Å². The largest absolute Gasteiger partial charge is 0.269 e. The average Bonchev–Trinajstić information content (AvgIpc) is 2.59. The van der Waals surface area contributed by atoms with Gasteiger partial charge in [-0.15, -0.1) is 0 Å². The lowest BCUT2D eigenvalue weighted by molar-refractivity contribution is 0.626. The molecule has 0 unspecified atom stereocenters. The average molecular weight is 337 g/mol. The van der Waals surface area contributed by atoms with E-state index in [1.165, 1.54) is 12.1 Å². The van der Waals surface area contributed by atoms with E-state index >= 15 is 0 Å². The molecule has 0 fully saturated rings. The molecule has 7 heteroatoms. The summed E-state index contributed by atoms with van der Waals surface area (Å²) in [6.07, 6.45) is 0.688. The van der Waals surface area contributed by atoms with Crippen molar-refractivity contribution in [2.45, 2.75) is 13.3 Å². The molecule has 0 amide bonds. The lowest BCUT2D eigenvalue weighted by atomic mass is 10.3. The van der Waals surface area contributed by atoms with E-state index in [4.69, 9.17) is 23.8 Å². The first kappa shape index (κ1) is 12.7. The van der Waals surface area contributed by atoms with Crippen molar-refractivity contribution in [2.24, 2.45) is 0 Å². The topological polar surface area (TPSA) is 33.6 Å². The van der Waals surface area contributed by atoms with Gasteiger partial charge in [-0.2, -0.15) is 5.10 Å². The number of nitrogens with zero attached hydrogens (tertiary/aromatic N) is 2. The molecule has 0 aliphatic carbocycles. The number of hydrogen-bond donors (Lipinski definition) is 1. The molecule has 1 heterocycles. The summed E-state index contributed by atoms with van der Waals surface area (Å²) in [5, 5.41) is 7.07. The predicted molar refractivity (Wildman–Crippen MR) is 70.8 cm³/mol. The molecule has 17 heavy (non-hydrogen) atoms. The van der Waals surface area contributed by atoms with Gasteiger partial charge in [0.1, 0.15) is 11.6 Å². The smallest absolute Gasteiger partial charge is 0.199 e. The lowest BCUT2D eigenvalue weighted by Crippen LogP contribution is -2.02. The van der Waals surface area contributed by atoms with E-state index in [9.17, 15) is 4.39 Å². The molecule has 0 aliphatic heterocycles. The van der Waals surface area contributed by atoms with E-state index < -0.39 is 5.82 Å². The normalized spacial score (nSPS) is 10.8. The number of halogens is 3. The fourth-order valence-electron chi connectivity index (χ4n) is 1.55. The van der Waals surface area contributed by atoms with Gasteiger partial charge < -0.3 is 0 Å². The van der Waals surface area contributed by atoms with Gasteiger partial charge in [0.25, 0.3) is 0 Å². The highest BCUT2D eigenvalue weighted by atomic mass is 79.9. The Hall–Kier alpha value is -0.720. The highest BCUT2D eigenvalue weighted by molar-refractivity contribution is 9.10. The maximum absolute atomic E-state index is 13.2. The third kappa shape index (κ3) is 2.29. The number of benzene rings is 1. The van der Waals surface area contributed by atoms with Crippen LogP contribution in [0.3, 0.4) is 0 Å². The molecule has 0 aliphatic rings. The minimum Gasteiger partial charge on any atom is -0.269 e. The van der Waals surface area contributed by atoms with Crippen LogP contribution in [-0.4, -0.2) is 14.8 Å². The molecule has 0 saturated heterocycles. The Morgan fingerprint density at radius 2 is 2.29 bits per heavy atom. The van der Waals surface area contributed by atoms with Crippen LogP contribution in [0.5, 0.6) is 0 Å². The summed E-state index contributed by atoms with van der Waals surface area (Å²) in [6, 6.07) is 2.59. The second kappa shape index (κ2) is 4.88. The van der Waals surface area contributed by atoms with Crippen LogP contribution in [0.25, 0.3) is 5.69 Å². The monoisotopic (exact) mass is 335 g/mol. The van der Waals surface area contributed by atoms with Crippen molar-refractivity contribution in [3.05, 3.63) is 38.0 Å². The highest BCUT2D eigenvalue weighted by Gasteiger charge is 2.14. The fourth-order valence-corrected chi connectivity index (χ4v) is 2.80. The van der Waals surface area contributed by atoms with Crippen LogP contribution in [0.15, 0.2) is 16.6 Å². The van der Waals surface area contributed by atoms with Crippen LogP contribution in [0.2, 0.25) is 5.02 Å². The quantitative estimate of drug-likeness (QED) is 0.840. The van der Waals surface area contributed by atoms with Gasteiger partial charge in [0.15, 0.2) is 4.77 Å². The van der Waals surface area contributed by atoms with Crippen LogP contribution in [-0.2, 0) is 6.42 Å². The Morgan fingerprint density at radius 1 is 1.59 bits per heavy atom. The van der Waals surface area contributed by atoms with E-state index in [1.54, 1.807) is 4.57 Å². The van der Waals surface area contributed by atoms with Gasteiger partial charge in [-0.1, -0.05) is 18.5 Å². The molecule has 0 atom stereocenters. The number of nitrogens with one attached hydrogen (secondary N) is 1. The fraction of sp³-hybridized carbons (Fsp3) is 0.200. The van der Waals surface area contributed by atoms with Crippen LogP contribution in [0, 0.1) is 10.6 Å². The molecule has 3 nitrogen and oxygen atoms in total. The van der Waals surface area contributed by atoms with E-state index in [1.807, 2.05) is 6.92 Å². The molecule has 90 valence electrons. The van der Waals surface area contributed by atoms with Crippen molar-refractivity contribution in [3.8, 4) is 5.69 Å². The van der Waals surface area contributed by atoms with Gasteiger partial charge in [0.2, 0.25) is 0 Å². The summed E-state index contributed by atoms with van der Waals surface area (Å²) in [4.78, 5) is 0. The third-order valence-electron chi connectivity index (χ3n) is 2.26. The van der Waals surface area contributed by atoms with Crippen molar-refractivity contribution in [2.75, 3.05) is 0 Å². The summed E-state index contributed by atoms with van der Waals surface area (Å²) in [5.41, 5.74) is 0.601. The number of aromatic amines is 1. The van der Waals surface area contributed by atoms with Crippen molar-refractivity contribution in [1.82, 2.24) is 14.8 Å². The predicted octanol–water partition coefficient (Wildman–Crippen LogP) is 4.05. The van der Waals surface area contributed by atoms with Gasteiger partial charge in [0.05, 0.1) is 10.7 Å². The number of aromatic nitrogens is 3. The summed E-state index contributed by atoms with van der Waals surface area (Å²) in [5.74, 6) is 0.336. The standard InChI is InChI=1S/C10H8BrClFN3S/c1-2-8-14-15-10(17)16(8)9-6(11)3-5(13)4-7(9)12/h3-4H,2H2,1H3,(H,15,17). The summed E-state index contributed by atoms with van der Waals surface area (Å²) in [7, 11) is 0. The first-order chi connectivity index (χ1) is 8.04. The van der Waals surface area contributed by atoms with Crippen LogP contribution in [0.1, 0.15) is 12.7 Å². The minimum atomic E-state index is -0.404. The van der Waals surface area contributed by atoms with E-state index in [0.717, 1.165) is 5.82 Å². The number of aryl methyl sites for hydroxylation is 1. The highest BCUT2D eigenvalue weighted by Crippen LogP contribution is 2.31. The molecular formula is C10H8BrClFN3S. The van der Waals surface area contributed by atoms with Crippen molar-refractivity contribution < 1.29 is 4.39 Å². The van der Waals surface area contributed by atoms with E-state index in [2.05, 4.69) is 26.1 Å². The molecule has 0 bridgehead atoms. The number of rotatable bonds is 2. The zero-order valence-corrected chi connectivity index (χ0v) is 12.0. The molecule has 0 saturated carbocycles. The number of hydrogen-bond acceptors (Lipinski definition) is 2. The van der Waals surface area contributed by atoms with E-state index in [-0.39, 0.29) is 5.02 Å². The van der Waals surface area contributed by atoms with Crippen molar-refractivity contribution in [1.29, 1.82) is 0 Å². The maximum Gasteiger partial charge on any atom is 0.199 e. The van der Waals surface area contributed by atoms with Crippen molar-refractivity contribution >= 4 is 39.7 Å². The lowest BCUT2D eigenvalue weighted by Gasteiger charge is -2.10. The summed E-state index contributed by atoms with van der Waals surface area (Å²) >= 11 is 14.5. The second-order valence-electron chi connectivity index (χ2n) is 3.35. The molecule has 0 spiro atoms. The van der Waals surface area contributed by atoms with Crippen LogP contribution >= 0.6 is 39.7 Å². The van der Waals surface area contributed by atoms with Crippen LogP contribution in [0.4, 0.5) is 4.39 Å². The Labute approximate surface area is 116 Å². The molecule has 0 radical (unpaired) electrons. The Balaban J connectivity index is 2.77. The van der Waals surface area contributed by atoms with Gasteiger partial charge in [-0.25, -0.2) is 4.39 Å².